The minimum Gasteiger partial charge on any atom is -0.309 e. The fourth-order valence-electron chi connectivity index (χ4n) is 11.6. The summed E-state index contributed by atoms with van der Waals surface area (Å²) in [7, 11) is 0. The van der Waals surface area contributed by atoms with Crippen LogP contribution >= 0.6 is 11.3 Å². The van der Waals surface area contributed by atoms with Crippen LogP contribution in [0.2, 0.25) is 0 Å². The van der Waals surface area contributed by atoms with Gasteiger partial charge >= 0.3 is 0 Å². The Bertz CT molecular complexity index is 4410. The predicted molar refractivity (Wildman–Crippen MR) is 317 cm³/mol. The van der Waals surface area contributed by atoms with Crippen molar-refractivity contribution in [1.82, 2.24) is 9.13 Å². The molecule has 0 amide bonds. The molecule has 0 saturated carbocycles. The van der Waals surface area contributed by atoms with Crippen molar-refractivity contribution in [2.45, 2.75) is 0 Å². The third-order valence-electron chi connectivity index (χ3n) is 15.0. The standard InChI is InChI=1S/C70H45N3S/c1-3-21-54(22-4-1)71-65-29-13-11-27-59(65)61-37-34-48(42-67(61)71)51-39-52(49-35-38-62-60-28-12-14-30-66(60)72(68(62)43-49)55-23-5-2-6-24-55)41-53(40-51)69-44-50-33-36-56(45-70(50)74-69)73(63-31-15-19-46-17-7-9-25-57(46)63)64-32-16-20-47-18-8-10-26-58(47)64/h1-45H. The second kappa shape index (κ2) is 17.1. The highest BCUT2D eigenvalue weighted by atomic mass is 32.1. The van der Waals surface area contributed by atoms with E-state index in [2.05, 4.69) is 287 Å². The normalized spacial score (nSPS) is 11.8. The first-order valence-corrected chi connectivity index (χ1v) is 26.1. The molecule has 4 heteroatoms. The fraction of sp³-hybridized carbons (Fsp3) is 0. The number of benzene rings is 12. The fourth-order valence-corrected chi connectivity index (χ4v) is 12.7. The first-order chi connectivity index (χ1) is 36.7. The molecule has 0 bridgehead atoms. The Balaban J connectivity index is 0.934. The summed E-state index contributed by atoms with van der Waals surface area (Å²) in [5.74, 6) is 0. The molecule has 0 N–H and O–H groups in total. The van der Waals surface area contributed by atoms with Crippen LogP contribution in [0.4, 0.5) is 17.1 Å². The second-order valence-corrected chi connectivity index (χ2v) is 20.4. The molecule has 3 aromatic heterocycles. The maximum atomic E-state index is 2.46. The maximum Gasteiger partial charge on any atom is 0.0547 e. The van der Waals surface area contributed by atoms with Gasteiger partial charge in [0.25, 0.3) is 0 Å². The number of anilines is 3. The van der Waals surface area contributed by atoms with Crippen LogP contribution in [-0.2, 0) is 0 Å². The van der Waals surface area contributed by atoms with Gasteiger partial charge in [0, 0.05) is 59.0 Å². The summed E-state index contributed by atoms with van der Waals surface area (Å²) >= 11 is 1.86. The number of aromatic nitrogens is 2. The quantitative estimate of drug-likeness (QED) is 0.148. The molecule has 0 unspecified atom stereocenters. The molecular formula is C70H45N3S. The van der Waals surface area contributed by atoms with Crippen molar-refractivity contribution in [2.75, 3.05) is 4.90 Å². The molecule has 0 radical (unpaired) electrons. The van der Waals surface area contributed by atoms with E-state index in [1.54, 1.807) is 0 Å². The van der Waals surface area contributed by atoms with Crippen molar-refractivity contribution in [3.63, 3.8) is 0 Å². The van der Waals surface area contributed by atoms with Crippen LogP contribution in [0.15, 0.2) is 273 Å². The number of para-hydroxylation sites is 4. The van der Waals surface area contributed by atoms with Crippen molar-refractivity contribution in [1.29, 1.82) is 0 Å². The SMILES string of the molecule is c1ccc(-n2c3ccccc3c3ccc(-c4cc(-c5ccc6c7ccccc7n(-c7ccccc7)c6c5)cc(-c5cc6ccc(N(c7cccc8ccccc78)c7cccc8ccccc78)cc6s5)c4)cc32)cc1. The lowest BCUT2D eigenvalue weighted by Gasteiger charge is -2.28. The minimum absolute atomic E-state index is 1.12. The Morgan fingerprint density at radius 1 is 0.270 bits per heavy atom. The maximum absolute atomic E-state index is 2.46. The molecule has 0 aliphatic rings. The predicted octanol–water partition coefficient (Wildman–Crippen LogP) is 19.9. The molecule has 0 aliphatic carbocycles. The third kappa shape index (κ3) is 6.87. The number of hydrogen-bond acceptors (Lipinski definition) is 2. The minimum atomic E-state index is 1.12. The van der Waals surface area contributed by atoms with Crippen LogP contribution in [0.3, 0.4) is 0 Å². The summed E-state index contributed by atoms with van der Waals surface area (Å²) in [4.78, 5) is 3.68. The highest BCUT2D eigenvalue weighted by Crippen LogP contribution is 2.46. The zero-order valence-electron chi connectivity index (χ0n) is 40.2. The Kier molecular flexibility index (Phi) is 9.75. The van der Waals surface area contributed by atoms with E-state index >= 15 is 0 Å². The molecule has 0 fully saturated rings. The van der Waals surface area contributed by atoms with Crippen molar-refractivity contribution in [2.24, 2.45) is 0 Å². The number of hydrogen-bond donors (Lipinski definition) is 0. The summed E-state index contributed by atoms with van der Waals surface area (Å²) in [6.45, 7) is 0. The highest BCUT2D eigenvalue weighted by molar-refractivity contribution is 7.22. The molecule has 15 rings (SSSR count). The lowest BCUT2D eigenvalue weighted by Crippen LogP contribution is -2.10. The molecule has 12 aromatic carbocycles. The monoisotopic (exact) mass is 959 g/mol. The molecule has 15 aromatic rings. The summed E-state index contributed by atoms with van der Waals surface area (Å²) in [6.07, 6.45) is 0. The van der Waals surface area contributed by atoms with Crippen LogP contribution in [-0.4, -0.2) is 9.13 Å². The molecule has 0 saturated heterocycles. The van der Waals surface area contributed by atoms with Gasteiger partial charge in [-0.3, -0.25) is 0 Å². The summed E-state index contributed by atoms with van der Waals surface area (Å²) in [6, 6.07) is 100. The second-order valence-electron chi connectivity index (χ2n) is 19.3. The summed E-state index contributed by atoms with van der Waals surface area (Å²) < 4.78 is 6.06. The van der Waals surface area contributed by atoms with Gasteiger partial charge in [-0.15, -0.1) is 11.3 Å². The lowest BCUT2D eigenvalue weighted by molar-refractivity contribution is 1.18. The molecule has 0 spiro atoms. The van der Waals surface area contributed by atoms with E-state index in [-0.39, 0.29) is 0 Å². The average molecular weight is 960 g/mol. The van der Waals surface area contributed by atoms with Crippen LogP contribution in [0.1, 0.15) is 0 Å². The van der Waals surface area contributed by atoms with Gasteiger partial charge < -0.3 is 14.0 Å². The van der Waals surface area contributed by atoms with E-state index in [9.17, 15) is 0 Å². The van der Waals surface area contributed by atoms with Gasteiger partial charge in [-0.2, -0.15) is 0 Å². The number of rotatable bonds is 8. The van der Waals surface area contributed by atoms with Gasteiger partial charge in [-0.05, 0) is 141 Å². The topological polar surface area (TPSA) is 13.1 Å². The van der Waals surface area contributed by atoms with Crippen molar-refractivity contribution in [3.05, 3.63) is 273 Å². The van der Waals surface area contributed by atoms with Gasteiger partial charge in [-0.1, -0.05) is 176 Å². The van der Waals surface area contributed by atoms with E-state index in [0.29, 0.717) is 0 Å². The Morgan fingerprint density at radius 3 is 1.26 bits per heavy atom. The Hall–Kier alpha value is -9.48. The number of thiophene rings is 1. The van der Waals surface area contributed by atoms with Gasteiger partial charge in [0.1, 0.15) is 0 Å². The summed E-state index contributed by atoms with van der Waals surface area (Å²) in [5.41, 5.74) is 16.4. The largest absolute Gasteiger partial charge is 0.309 e. The van der Waals surface area contributed by atoms with E-state index in [1.807, 2.05) is 11.3 Å². The first-order valence-electron chi connectivity index (χ1n) is 25.3. The van der Waals surface area contributed by atoms with Crippen LogP contribution < -0.4 is 4.90 Å². The molecule has 74 heavy (non-hydrogen) atoms. The van der Waals surface area contributed by atoms with Crippen LogP contribution in [0, 0.1) is 0 Å². The number of fused-ring (bicyclic) bond motifs is 9. The Morgan fingerprint density at radius 2 is 0.716 bits per heavy atom. The van der Waals surface area contributed by atoms with Gasteiger partial charge in [-0.25, -0.2) is 0 Å². The van der Waals surface area contributed by atoms with E-state index in [4.69, 9.17) is 0 Å². The third-order valence-corrected chi connectivity index (χ3v) is 16.2. The molecule has 0 atom stereocenters. The molecule has 3 nitrogen and oxygen atoms in total. The molecule has 346 valence electrons. The van der Waals surface area contributed by atoms with E-state index in [0.717, 1.165) is 28.4 Å². The van der Waals surface area contributed by atoms with Crippen molar-refractivity contribution in [3.8, 4) is 44.1 Å². The number of nitrogens with zero attached hydrogens (tertiary/aromatic N) is 3. The zero-order chi connectivity index (χ0) is 48.7. The van der Waals surface area contributed by atoms with E-state index in [1.165, 1.54) is 108 Å². The van der Waals surface area contributed by atoms with Crippen molar-refractivity contribution < 1.29 is 0 Å². The lowest BCUT2D eigenvalue weighted by atomic mass is 9.94. The average Bonchev–Trinajstić information content (AvgIpc) is 4.16. The van der Waals surface area contributed by atoms with Crippen molar-refractivity contribution >= 4 is 104 Å². The van der Waals surface area contributed by atoms with E-state index < -0.39 is 0 Å². The highest BCUT2D eigenvalue weighted by Gasteiger charge is 2.21. The van der Waals surface area contributed by atoms with Crippen LogP contribution in [0.5, 0.6) is 0 Å². The van der Waals surface area contributed by atoms with Gasteiger partial charge in [0.05, 0.1) is 33.4 Å². The molecule has 3 heterocycles. The van der Waals surface area contributed by atoms with Gasteiger partial charge in [0.15, 0.2) is 0 Å². The van der Waals surface area contributed by atoms with Gasteiger partial charge in [0.2, 0.25) is 0 Å². The smallest absolute Gasteiger partial charge is 0.0547 e. The van der Waals surface area contributed by atoms with Crippen LogP contribution in [0.25, 0.3) is 119 Å². The zero-order valence-corrected chi connectivity index (χ0v) is 41.0. The summed E-state index contributed by atoms with van der Waals surface area (Å²) in [5, 5.41) is 11.1. The molecular weight excluding hydrogens is 915 g/mol. The molecule has 0 aliphatic heterocycles. The Labute approximate surface area is 432 Å². The first kappa shape index (κ1) is 42.2.